The second-order valence-electron chi connectivity index (χ2n) is 4.54. The molecule has 0 saturated heterocycles. The molecule has 0 bridgehead atoms. The largest absolute Gasteiger partial charge is 0.327 e. The van der Waals surface area contributed by atoms with Gasteiger partial charge in [-0.25, -0.2) is 0 Å². The first-order chi connectivity index (χ1) is 6.77. The zero-order valence-corrected chi connectivity index (χ0v) is 8.82. The van der Waals surface area contributed by atoms with Crippen LogP contribution in [-0.4, -0.2) is 6.04 Å². The SMILES string of the molecule is CC(c1ccccc1)C(N)CC1CC1. The summed E-state index contributed by atoms with van der Waals surface area (Å²) in [5.41, 5.74) is 7.57. The van der Waals surface area contributed by atoms with Gasteiger partial charge in [0.2, 0.25) is 0 Å². The highest BCUT2D eigenvalue weighted by atomic mass is 14.7. The van der Waals surface area contributed by atoms with E-state index >= 15 is 0 Å². The molecule has 0 aliphatic heterocycles. The minimum atomic E-state index is 0.338. The van der Waals surface area contributed by atoms with Gasteiger partial charge in [-0.3, -0.25) is 0 Å². The van der Waals surface area contributed by atoms with Crippen LogP contribution in [0.4, 0.5) is 0 Å². The summed E-state index contributed by atoms with van der Waals surface area (Å²) in [6.07, 6.45) is 4.00. The summed E-state index contributed by atoms with van der Waals surface area (Å²) in [5, 5.41) is 0. The average Bonchev–Trinajstić information content (AvgIpc) is 3.02. The second-order valence-corrected chi connectivity index (χ2v) is 4.54. The molecule has 1 aliphatic rings. The van der Waals surface area contributed by atoms with Crippen LogP contribution in [0.25, 0.3) is 0 Å². The molecule has 2 rings (SSSR count). The van der Waals surface area contributed by atoms with E-state index < -0.39 is 0 Å². The van der Waals surface area contributed by atoms with Crippen molar-refractivity contribution in [3.63, 3.8) is 0 Å². The molecule has 1 saturated carbocycles. The number of nitrogens with two attached hydrogens (primary N) is 1. The van der Waals surface area contributed by atoms with Gasteiger partial charge in [0.1, 0.15) is 0 Å². The lowest BCUT2D eigenvalue weighted by Gasteiger charge is -2.19. The van der Waals surface area contributed by atoms with Gasteiger partial charge in [-0.05, 0) is 23.8 Å². The molecule has 2 unspecified atom stereocenters. The van der Waals surface area contributed by atoms with E-state index in [2.05, 4.69) is 37.3 Å². The third kappa shape index (κ3) is 2.36. The van der Waals surface area contributed by atoms with Gasteiger partial charge in [0, 0.05) is 6.04 Å². The fourth-order valence-electron chi connectivity index (χ4n) is 1.95. The highest BCUT2D eigenvalue weighted by Crippen LogP contribution is 2.35. The Balaban J connectivity index is 1.96. The maximum atomic E-state index is 6.19. The van der Waals surface area contributed by atoms with Crippen molar-refractivity contribution < 1.29 is 0 Å². The first kappa shape index (κ1) is 9.72. The van der Waals surface area contributed by atoms with E-state index in [1.54, 1.807) is 0 Å². The quantitative estimate of drug-likeness (QED) is 0.774. The van der Waals surface area contributed by atoms with E-state index in [-0.39, 0.29) is 0 Å². The van der Waals surface area contributed by atoms with Gasteiger partial charge in [0.25, 0.3) is 0 Å². The third-order valence-electron chi connectivity index (χ3n) is 3.27. The number of benzene rings is 1. The van der Waals surface area contributed by atoms with Crippen LogP contribution in [0.2, 0.25) is 0 Å². The number of hydrogen-bond donors (Lipinski definition) is 1. The molecular formula is C13H19N. The van der Waals surface area contributed by atoms with Crippen molar-refractivity contribution in [3.8, 4) is 0 Å². The molecule has 0 spiro atoms. The fourth-order valence-corrected chi connectivity index (χ4v) is 1.95. The smallest absolute Gasteiger partial charge is 0.0108 e. The van der Waals surface area contributed by atoms with E-state index in [1.807, 2.05) is 0 Å². The maximum absolute atomic E-state index is 6.19. The van der Waals surface area contributed by atoms with Gasteiger partial charge in [0.15, 0.2) is 0 Å². The molecule has 0 aromatic heterocycles. The van der Waals surface area contributed by atoms with Crippen LogP contribution in [0.1, 0.15) is 37.7 Å². The Morgan fingerprint density at radius 1 is 1.29 bits per heavy atom. The standard InChI is InChI=1S/C13H19N/c1-10(12-5-3-2-4-6-12)13(14)9-11-7-8-11/h2-6,10-11,13H,7-9,14H2,1H3. The van der Waals surface area contributed by atoms with Gasteiger partial charge < -0.3 is 5.73 Å². The lowest BCUT2D eigenvalue weighted by molar-refractivity contribution is 0.499. The van der Waals surface area contributed by atoms with Gasteiger partial charge in [-0.1, -0.05) is 50.1 Å². The molecule has 1 fully saturated rings. The Kier molecular flexibility index (Phi) is 2.87. The molecule has 0 heterocycles. The molecular weight excluding hydrogens is 170 g/mol. The number of hydrogen-bond acceptors (Lipinski definition) is 1. The van der Waals surface area contributed by atoms with E-state index in [9.17, 15) is 0 Å². The first-order valence-electron chi connectivity index (χ1n) is 5.58. The van der Waals surface area contributed by atoms with Crippen LogP contribution < -0.4 is 5.73 Å². The lowest BCUT2D eigenvalue weighted by Crippen LogP contribution is -2.27. The highest BCUT2D eigenvalue weighted by molar-refractivity contribution is 5.20. The molecule has 0 radical (unpaired) electrons. The summed E-state index contributed by atoms with van der Waals surface area (Å²) in [6, 6.07) is 10.9. The van der Waals surface area contributed by atoms with Crippen LogP contribution in [0.3, 0.4) is 0 Å². The van der Waals surface area contributed by atoms with Gasteiger partial charge in [0.05, 0.1) is 0 Å². The summed E-state index contributed by atoms with van der Waals surface area (Å²) in [7, 11) is 0. The zero-order valence-electron chi connectivity index (χ0n) is 8.82. The molecule has 0 amide bonds. The summed E-state index contributed by atoms with van der Waals surface area (Å²) in [6.45, 7) is 2.24. The lowest BCUT2D eigenvalue weighted by atomic mass is 9.91. The second kappa shape index (κ2) is 4.14. The van der Waals surface area contributed by atoms with Crippen molar-refractivity contribution in [2.45, 2.75) is 38.1 Å². The monoisotopic (exact) mass is 189 g/mol. The van der Waals surface area contributed by atoms with Crippen molar-refractivity contribution in [1.29, 1.82) is 0 Å². The van der Waals surface area contributed by atoms with Crippen molar-refractivity contribution in [3.05, 3.63) is 35.9 Å². The topological polar surface area (TPSA) is 26.0 Å². The van der Waals surface area contributed by atoms with Crippen LogP contribution in [0.5, 0.6) is 0 Å². The molecule has 1 aromatic carbocycles. The minimum absolute atomic E-state index is 0.338. The van der Waals surface area contributed by atoms with Crippen LogP contribution in [0, 0.1) is 5.92 Å². The Labute approximate surface area is 86.3 Å². The summed E-state index contributed by atoms with van der Waals surface area (Å²) in [4.78, 5) is 0. The maximum Gasteiger partial charge on any atom is 0.0108 e. The van der Waals surface area contributed by atoms with Gasteiger partial charge in [-0.15, -0.1) is 0 Å². The van der Waals surface area contributed by atoms with Crippen LogP contribution in [0.15, 0.2) is 30.3 Å². The van der Waals surface area contributed by atoms with Crippen molar-refractivity contribution in [1.82, 2.24) is 0 Å². The molecule has 14 heavy (non-hydrogen) atoms. The van der Waals surface area contributed by atoms with Crippen molar-refractivity contribution in [2.75, 3.05) is 0 Å². The zero-order chi connectivity index (χ0) is 9.97. The Morgan fingerprint density at radius 3 is 2.50 bits per heavy atom. The molecule has 1 aromatic rings. The molecule has 1 aliphatic carbocycles. The summed E-state index contributed by atoms with van der Waals surface area (Å²) in [5.74, 6) is 1.42. The van der Waals surface area contributed by atoms with E-state index in [1.165, 1.54) is 24.8 Å². The fraction of sp³-hybridized carbons (Fsp3) is 0.538. The number of rotatable bonds is 4. The normalized spacial score (nSPS) is 20.4. The van der Waals surface area contributed by atoms with E-state index in [0.29, 0.717) is 12.0 Å². The summed E-state index contributed by atoms with van der Waals surface area (Å²) >= 11 is 0. The van der Waals surface area contributed by atoms with Gasteiger partial charge >= 0.3 is 0 Å². The predicted molar refractivity (Wildman–Crippen MR) is 60.2 cm³/mol. The van der Waals surface area contributed by atoms with Gasteiger partial charge in [-0.2, -0.15) is 0 Å². The van der Waals surface area contributed by atoms with Crippen molar-refractivity contribution in [2.24, 2.45) is 11.7 Å². The Morgan fingerprint density at radius 2 is 1.93 bits per heavy atom. The van der Waals surface area contributed by atoms with Crippen molar-refractivity contribution >= 4 is 0 Å². The predicted octanol–water partition coefficient (Wildman–Crippen LogP) is 2.92. The van der Waals surface area contributed by atoms with Crippen LogP contribution >= 0.6 is 0 Å². The third-order valence-corrected chi connectivity index (χ3v) is 3.27. The molecule has 1 nitrogen and oxygen atoms in total. The van der Waals surface area contributed by atoms with Crippen LogP contribution in [-0.2, 0) is 0 Å². The van der Waals surface area contributed by atoms with E-state index in [0.717, 1.165) is 5.92 Å². The first-order valence-corrected chi connectivity index (χ1v) is 5.58. The molecule has 2 N–H and O–H groups in total. The Hall–Kier alpha value is -0.820. The molecule has 76 valence electrons. The summed E-state index contributed by atoms with van der Waals surface area (Å²) < 4.78 is 0. The van der Waals surface area contributed by atoms with E-state index in [4.69, 9.17) is 5.73 Å². The average molecular weight is 189 g/mol. The molecule has 1 heteroatoms. The highest BCUT2D eigenvalue weighted by Gasteiger charge is 2.26. The molecule has 2 atom stereocenters. The minimum Gasteiger partial charge on any atom is -0.327 e. The Bertz CT molecular complexity index is 277.